The number of fused-ring (bicyclic) bond motifs is 1. The number of carbonyl (C=O) groups excluding carboxylic acids is 2. The molecule has 2 unspecified atom stereocenters. The van der Waals surface area contributed by atoms with Gasteiger partial charge in [0.05, 0.1) is 6.54 Å². The molecule has 2 rings (SSSR count). The van der Waals surface area contributed by atoms with Gasteiger partial charge in [-0.25, -0.2) is 0 Å². The summed E-state index contributed by atoms with van der Waals surface area (Å²) in [4.78, 5) is 27.7. The standard InChI is InChI=1S/C14H18N2O4/c1-9-12-5-4-11(18)7-10(12)8-16(20-9)13(14(15)19)3-2-6-17/h4-7,9,13,18H,2-3,8H2,1H3,(H2,15,19). The van der Waals surface area contributed by atoms with Gasteiger partial charge in [0.2, 0.25) is 5.91 Å². The Morgan fingerprint density at radius 1 is 1.65 bits per heavy atom. The molecule has 1 heterocycles. The molecule has 1 aromatic carbocycles. The highest BCUT2D eigenvalue weighted by molar-refractivity contribution is 5.80. The van der Waals surface area contributed by atoms with Crippen LogP contribution in [-0.4, -0.2) is 28.4 Å². The summed E-state index contributed by atoms with van der Waals surface area (Å²) in [6.45, 7) is 2.21. The third kappa shape index (κ3) is 2.97. The second-order valence-electron chi connectivity index (χ2n) is 4.87. The number of hydrogen-bond donors (Lipinski definition) is 2. The highest BCUT2D eigenvalue weighted by Gasteiger charge is 2.31. The Bertz CT molecular complexity index is 518. The molecule has 0 radical (unpaired) electrons. The normalized spacial score (nSPS) is 20.1. The summed E-state index contributed by atoms with van der Waals surface area (Å²) in [7, 11) is 0. The van der Waals surface area contributed by atoms with E-state index in [1.165, 1.54) is 5.06 Å². The average molecular weight is 278 g/mol. The van der Waals surface area contributed by atoms with Crippen molar-refractivity contribution in [2.75, 3.05) is 0 Å². The van der Waals surface area contributed by atoms with Gasteiger partial charge in [-0.3, -0.25) is 9.63 Å². The molecule has 6 heteroatoms. The van der Waals surface area contributed by atoms with Crippen LogP contribution in [0.4, 0.5) is 0 Å². The summed E-state index contributed by atoms with van der Waals surface area (Å²) >= 11 is 0. The summed E-state index contributed by atoms with van der Waals surface area (Å²) in [5.41, 5.74) is 7.24. The third-order valence-electron chi connectivity index (χ3n) is 3.42. The number of nitrogens with zero attached hydrogens (tertiary/aromatic N) is 1. The number of rotatable bonds is 5. The number of primary amides is 1. The van der Waals surface area contributed by atoms with Crippen LogP contribution >= 0.6 is 0 Å². The minimum atomic E-state index is -0.654. The Hall–Kier alpha value is -1.92. The lowest BCUT2D eigenvalue weighted by Crippen LogP contribution is -2.46. The molecule has 0 bridgehead atoms. The molecule has 0 aliphatic carbocycles. The zero-order valence-electron chi connectivity index (χ0n) is 11.3. The van der Waals surface area contributed by atoms with Crippen LogP contribution < -0.4 is 5.73 Å². The number of carbonyl (C=O) groups is 2. The molecule has 1 aromatic rings. The highest BCUT2D eigenvalue weighted by Crippen LogP contribution is 2.32. The Kier molecular flexibility index (Phi) is 4.36. The molecule has 0 spiro atoms. The minimum absolute atomic E-state index is 0.168. The molecule has 2 atom stereocenters. The Morgan fingerprint density at radius 3 is 3.05 bits per heavy atom. The number of phenolic OH excluding ortho intramolecular Hbond substituents is 1. The number of nitrogens with two attached hydrogens (primary N) is 1. The number of phenols is 1. The lowest BCUT2D eigenvalue weighted by molar-refractivity contribution is -0.234. The van der Waals surface area contributed by atoms with Crippen LogP contribution in [-0.2, 0) is 21.0 Å². The second-order valence-corrected chi connectivity index (χ2v) is 4.87. The largest absolute Gasteiger partial charge is 0.508 e. The number of hydroxylamine groups is 2. The maximum atomic E-state index is 11.5. The third-order valence-corrected chi connectivity index (χ3v) is 3.42. The van der Waals surface area contributed by atoms with Crippen LogP contribution in [0.5, 0.6) is 5.75 Å². The van der Waals surface area contributed by atoms with Crippen molar-refractivity contribution in [2.24, 2.45) is 5.73 Å². The fourth-order valence-electron chi connectivity index (χ4n) is 2.43. The van der Waals surface area contributed by atoms with Gasteiger partial charge in [-0.05, 0) is 36.6 Å². The van der Waals surface area contributed by atoms with Crippen molar-refractivity contribution in [1.29, 1.82) is 0 Å². The van der Waals surface area contributed by atoms with E-state index < -0.39 is 11.9 Å². The van der Waals surface area contributed by atoms with Gasteiger partial charge in [-0.15, -0.1) is 0 Å². The van der Waals surface area contributed by atoms with Gasteiger partial charge in [0.1, 0.15) is 24.2 Å². The SMILES string of the molecule is CC1ON(C(CCC=O)C(N)=O)Cc2cc(O)ccc21. The maximum absolute atomic E-state index is 11.5. The van der Waals surface area contributed by atoms with Crippen molar-refractivity contribution in [3.05, 3.63) is 29.3 Å². The quantitative estimate of drug-likeness (QED) is 0.785. The van der Waals surface area contributed by atoms with Crippen molar-refractivity contribution < 1.29 is 19.5 Å². The van der Waals surface area contributed by atoms with Crippen LogP contribution in [0.3, 0.4) is 0 Å². The molecule has 0 aromatic heterocycles. The van der Waals surface area contributed by atoms with Gasteiger partial charge >= 0.3 is 0 Å². The van der Waals surface area contributed by atoms with Gasteiger partial charge in [0, 0.05) is 6.42 Å². The molecule has 1 amide bonds. The fourth-order valence-corrected chi connectivity index (χ4v) is 2.43. The summed E-state index contributed by atoms with van der Waals surface area (Å²) in [5, 5.41) is 11.1. The fraction of sp³-hybridized carbons (Fsp3) is 0.429. The number of aromatic hydroxyl groups is 1. The highest BCUT2D eigenvalue weighted by atomic mass is 16.7. The number of aldehydes is 1. The van der Waals surface area contributed by atoms with Crippen molar-refractivity contribution >= 4 is 12.2 Å². The van der Waals surface area contributed by atoms with Crippen LogP contribution in [0.25, 0.3) is 0 Å². The first-order valence-corrected chi connectivity index (χ1v) is 6.51. The van der Waals surface area contributed by atoms with E-state index in [2.05, 4.69) is 0 Å². The van der Waals surface area contributed by atoms with Crippen LogP contribution in [0.2, 0.25) is 0 Å². The molecule has 20 heavy (non-hydrogen) atoms. The number of hydrogen-bond acceptors (Lipinski definition) is 5. The molecule has 0 saturated heterocycles. The van der Waals surface area contributed by atoms with E-state index in [0.717, 1.165) is 17.4 Å². The monoisotopic (exact) mass is 278 g/mol. The van der Waals surface area contributed by atoms with E-state index in [0.29, 0.717) is 13.0 Å². The van der Waals surface area contributed by atoms with Crippen molar-refractivity contribution in [3.63, 3.8) is 0 Å². The zero-order valence-corrected chi connectivity index (χ0v) is 11.3. The van der Waals surface area contributed by atoms with Gasteiger partial charge in [0.25, 0.3) is 0 Å². The predicted octanol–water partition coefficient (Wildman–Crippen LogP) is 1.03. The second kappa shape index (κ2) is 6.02. The topological polar surface area (TPSA) is 92.9 Å². The van der Waals surface area contributed by atoms with Crippen molar-refractivity contribution in [3.8, 4) is 5.75 Å². The maximum Gasteiger partial charge on any atom is 0.237 e. The van der Waals surface area contributed by atoms with E-state index >= 15 is 0 Å². The Labute approximate surface area is 117 Å². The van der Waals surface area contributed by atoms with Gasteiger partial charge in [0.15, 0.2) is 0 Å². The summed E-state index contributed by atoms with van der Waals surface area (Å²) in [6, 6.07) is 4.40. The first kappa shape index (κ1) is 14.5. The molecule has 1 aliphatic heterocycles. The molecular weight excluding hydrogens is 260 g/mol. The molecule has 3 N–H and O–H groups in total. The number of benzene rings is 1. The molecule has 6 nitrogen and oxygen atoms in total. The lowest BCUT2D eigenvalue weighted by atomic mass is 10.00. The number of amides is 1. The van der Waals surface area contributed by atoms with E-state index in [-0.39, 0.29) is 18.3 Å². The van der Waals surface area contributed by atoms with Crippen LogP contribution in [0.1, 0.15) is 37.0 Å². The Balaban J connectivity index is 2.22. The molecule has 0 saturated carbocycles. The predicted molar refractivity (Wildman–Crippen MR) is 71.4 cm³/mol. The van der Waals surface area contributed by atoms with Gasteiger partial charge in [-0.2, -0.15) is 5.06 Å². The Morgan fingerprint density at radius 2 is 2.40 bits per heavy atom. The average Bonchev–Trinajstić information content (AvgIpc) is 2.38. The van der Waals surface area contributed by atoms with E-state index in [4.69, 9.17) is 10.6 Å². The van der Waals surface area contributed by atoms with Crippen LogP contribution in [0, 0.1) is 0 Å². The summed E-state index contributed by atoms with van der Waals surface area (Å²) in [5.74, 6) is -0.357. The molecule has 1 aliphatic rings. The van der Waals surface area contributed by atoms with E-state index in [1.807, 2.05) is 6.92 Å². The lowest BCUT2D eigenvalue weighted by Gasteiger charge is -2.36. The van der Waals surface area contributed by atoms with E-state index in [9.17, 15) is 14.7 Å². The van der Waals surface area contributed by atoms with Gasteiger partial charge < -0.3 is 15.6 Å². The molecule has 0 fully saturated rings. The van der Waals surface area contributed by atoms with Crippen molar-refractivity contribution in [1.82, 2.24) is 5.06 Å². The first-order valence-electron chi connectivity index (χ1n) is 6.51. The summed E-state index contributed by atoms with van der Waals surface area (Å²) < 4.78 is 0. The van der Waals surface area contributed by atoms with Crippen LogP contribution in [0.15, 0.2) is 18.2 Å². The van der Waals surface area contributed by atoms with E-state index in [1.54, 1.807) is 18.2 Å². The first-order chi connectivity index (χ1) is 9.52. The van der Waals surface area contributed by atoms with Gasteiger partial charge in [-0.1, -0.05) is 6.07 Å². The minimum Gasteiger partial charge on any atom is -0.508 e. The van der Waals surface area contributed by atoms with Crippen molar-refractivity contribution in [2.45, 2.75) is 38.5 Å². The molecular formula is C14H18N2O4. The summed E-state index contributed by atoms with van der Waals surface area (Å²) in [6.07, 6.45) is 1.08. The smallest absolute Gasteiger partial charge is 0.237 e. The zero-order chi connectivity index (χ0) is 14.7. The molecule has 108 valence electrons.